The number of aromatic nitrogens is 2. The highest BCUT2D eigenvalue weighted by molar-refractivity contribution is 5.73. The van der Waals surface area contributed by atoms with Crippen LogP contribution in [0.2, 0.25) is 0 Å². The molecule has 1 aromatic rings. The van der Waals surface area contributed by atoms with E-state index in [-0.39, 0.29) is 11.9 Å². The number of carbonyl (C=O) groups is 1. The molecule has 1 N–H and O–H groups in total. The molecule has 1 aliphatic heterocycles. The summed E-state index contributed by atoms with van der Waals surface area (Å²) in [5.74, 6) is 0.937. The summed E-state index contributed by atoms with van der Waals surface area (Å²) in [6.07, 6.45) is 5.64. The van der Waals surface area contributed by atoms with Crippen molar-refractivity contribution in [2.45, 2.75) is 32.7 Å². The van der Waals surface area contributed by atoms with Gasteiger partial charge in [0, 0.05) is 32.3 Å². The fourth-order valence-corrected chi connectivity index (χ4v) is 2.19. The lowest BCUT2D eigenvalue weighted by molar-refractivity contribution is -0.119. The summed E-state index contributed by atoms with van der Waals surface area (Å²) in [6, 6.07) is 0.226. The van der Waals surface area contributed by atoms with Crippen molar-refractivity contribution in [3.05, 3.63) is 18.1 Å². The molecule has 0 saturated carbocycles. The highest BCUT2D eigenvalue weighted by Gasteiger charge is 2.21. The van der Waals surface area contributed by atoms with Gasteiger partial charge in [0.2, 0.25) is 5.91 Å². The second-order valence-electron chi connectivity index (χ2n) is 4.50. The lowest BCUT2D eigenvalue weighted by Crippen LogP contribution is -2.47. The molecule has 5 heteroatoms. The van der Waals surface area contributed by atoms with Crippen LogP contribution in [-0.2, 0) is 4.79 Å². The van der Waals surface area contributed by atoms with Gasteiger partial charge in [-0.2, -0.15) is 0 Å². The third-order valence-electron chi connectivity index (χ3n) is 2.90. The normalized spacial score (nSPS) is 20.1. The number of anilines is 1. The Bertz CT molecular complexity index is 407. The summed E-state index contributed by atoms with van der Waals surface area (Å²) in [6.45, 7) is 5.29. The van der Waals surface area contributed by atoms with Crippen molar-refractivity contribution in [3.63, 3.8) is 0 Å². The van der Waals surface area contributed by atoms with Gasteiger partial charge < -0.3 is 10.2 Å². The molecule has 5 nitrogen and oxygen atoms in total. The average Bonchev–Trinajstić information content (AvgIpc) is 2.28. The second-order valence-corrected chi connectivity index (χ2v) is 4.50. The summed E-state index contributed by atoms with van der Waals surface area (Å²) in [4.78, 5) is 21.9. The van der Waals surface area contributed by atoms with Gasteiger partial charge in [-0.05, 0) is 19.8 Å². The van der Waals surface area contributed by atoms with E-state index in [2.05, 4.69) is 20.2 Å². The Balaban J connectivity index is 2.04. The summed E-state index contributed by atoms with van der Waals surface area (Å²) in [5.41, 5.74) is 0.921. The average molecular weight is 234 g/mol. The van der Waals surface area contributed by atoms with Gasteiger partial charge in [-0.1, -0.05) is 0 Å². The Labute approximate surface area is 101 Å². The van der Waals surface area contributed by atoms with Crippen LogP contribution in [-0.4, -0.2) is 35.0 Å². The molecule has 1 aliphatic rings. The van der Waals surface area contributed by atoms with Gasteiger partial charge in [0.15, 0.2) is 0 Å². The van der Waals surface area contributed by atoms with Crippen LogP contribution >= 0.6 is 0 Å². The molecule has 1 unspecified atom stereocenters. The number of piperidine rings is 1. The lowest BCUT2D eigenvalue weighted by atomic mass is 10.1. The van der Waals surface area contributed by atoms with Crippen LogP contribution in [0.15, 0.2) is 12.4 Å². The van der Waals surface area contributed by atoms with Crippen molar-refractivity contribution in [1.29, 1.82) is 0 Å². The highest BCUT2D eigenvalue weighted by atomic mass is 16.1. The third kappa shape index (κ3) is 3.15. The first-order valence-corrected chi connectivity index (χ1v) is 5.96. The maximum atomic E-state index is 11.1. The van der Waals surface area contributed by atoms with E-state index < -0.39 is 0 Å². The molecule has 1 aromatic heterocycles. The quantitative estimate of drug-likeness (QED) is 0.825. The maximum absolute atomic E-state index is 11.1. The Morgan fingerprint density at radius 2 is 2.35 bits per heavy atom. The van der Waals surface area contributed by atoms with Gasteiger partial charge in [0.1, 0.15) is 5.82 Å². The largest absolute Gasteiger partial charge is 0.353 e. The second kappa shape index (κ2) is 5.12. The van der Waals surface area contributed by atoms with Crippen molar-refractivity contribution in [3.8, 4) is 0 Å². The van der Waals surface area contributed by atoms with Gasteiger partial charge in [0.05, 0.1) is 11.9 Å². The van der Waals surface area contributed by atoms with Gasteiger partial charge in [0.25, 0.3) is 0 Å². The first-order valence-electron chi connectivity index (χ1n) is 5.96. The number of rotatable bonds is 2. The zero-order valence-corrected chi connectivity index (χ0v) is 10.3. The topological polar surface area (TPSA) is 58.1 Å². The van der Waals surface area contributed by atoms with E-state index in [4.69, 9.17) is 0 Å². The lowest BCUT2D eigenvalue weighted by Gasteiger charge is -2.33. The van der Waals surface area contributed by atoms with Crippen molar-refractivity contribution >= 4 is 11.7 Å². The van der Waals surface area contributed by atoms with E-state index in [0.29, 0.717) is 0 Å². The molecule has 1 atom stereocenters. The molecule has 17 heavy (non-hydrogen) atoms. The number of hydrogen-bond acceptors (Lipinski definition) is 4. The summed E-state index contributed by atoms with van der Waals surface area (Å²) >= 11 is 0. The van der Waals surface area contributed by atoms with Crippen LogP contribution in [0.5, 0.6) is 0 Å². The fraction of sp³-hybridized carbons (Fsp3) is 0.583. The Kier molecular flexibility index (Phi) is 3.56. The Hall–Kier alpha value is -1.65. The molecule has 0 aromatic carbocycles. The monoisotopic (exact) mass is 234 g/mol. The van der Waals surface area contributed by atoms with E-state index in [1.807, 2.05) is 6.92 Å². The van der Waals surface area contributed by atoms with Crippen LogP contribution in [0.25, 0.3) is 0 Å². The first-order chi connectivity index (χ1) is 8.15. The zero-order chi connectivity index (χ0) is 12.3. The van der Waals surface area contributed by atoms with E-state index >= 15 is 0 Å². The third-order valence-corrected chi connectivity index (χ3v) is 2.90. The van der Waals surface area contributed by atoms with Gasteiger partial charge >= 0.3 is 0 Å². The molecular formula is C12H18N4O. The smallest absolute Gasteiger partial charge is 0.217 e. The number of nitrogens with zero attached hydrogens (tertiary/aromatic N) is 3. The molecule has 92 valence electrons. The van der Waals surface area contributed by atoms with E-state index in [1.165, 1.54) is 0 Å². The fourth-order valence-electron chi connectivity index (χ4n) is 2.19. The first kappa shape index (κ1) is 11.8. The Morgan fingerprint density at radius 3 is 3.06 bits per heavy atom. The van der Waals surface area contributed by atoms with Gasteiger partial charge in [-0.25, -0.2) is 4.98 Å². The molecule has 2 rings (SSSR count). The van der Waals surface area contributed by atoms with Crippen molar-refractivity contribution < 1.29 is 4.79 Å². The van der Waals surface area contributed by atoms with Gasteiger partial charge in [-0.15, -0.1) is 0 Å². The molecule has 0 radical (unpaired) electrons. The number of nitrogens with one attached hydrogen (secondary N) is 1. The number of hydrogen-bond donors (Lipinski definition) is 1. The SMILES string of the molecule is CC(=O)NC1CCCN(c2cncc(C)n2)C1. The molecule has 1 amide bonds. The van der Waals surface area contributed by atoms with Crippen LogP contribution in [0.1, 0.15) is 25.5 Å². The standard InChI is InChI=1S/C12H18N4O/c1-9-6-13-7-12(14-9)16-5-3-4-11(8-16)15-10(2)17/h6-7,11H,3-5,8H2,1-2H3,(H,15,17). The zero-order valence-electron chi connectivity index (χ0n) is 10.3. The molecular weight excluding hydrogens is 216 g/mol. The van der Waals surface area contributed by atoms with E-state index in [9.17, 15) is 4.79 Å². The van der Waals surface area contributed by atoms with Crippen molar-refractivity contribution in [2.75, 3.05) is 18.0 Å². The van der Waals surface area contributed by atoms with Crippen LogP contribution in [0.4, 0.5) is 5.82 Å². The van der Waals surface area contributed by atoms with E-state index in [0.717, 1.165) is 37.4 Å². The number of carbonyl (C=O) groups excluding carboxylic acids is 1. The highest BCUT2D eigenvalue weighted by Crippen LogP contribution is 2.17. The predicted molar refractivity (Wildman–Crippen MR) is 65.8 cm³/mol. The summed E-state index contributed by atoms with van der Waals surface area (Å²) < 4.78 is 0. The van der Waals surface area contributed by atoms with Crippen molar-refractivity contribution in [2.24, 2.45) is 0 Å². The molecule has 0 aliphatic carbocycles. The number of amides is 1. The Morgan fingerprint density at radius 1 is 1.53 bits per heavy atom. The molecule has 1 fully saturated rings. The molecule has 0 spiro atoms. The van der Waals surface area contributed by atoms with Crippen molar-refractivity contribution in [1.82, 2.24) is 15.3 Å². The maximum Gasteiger partial charge on any atom is 0.217 e. The van der Waals surface area contributed by atoms with Gasteiger partial charge in [-0.3, -0.25) is 9.78 Å². The van der Waals surface area contributed by atoms with E-state index in [1.54, 1.807) is 19.3 Å². The van der Waals surface area contributed by atoms with Crippen LogP contribution < -0.4 is 10.2 Å². The minimum atomic E-state index is 0.0344. The van der Waals surface area contributed by atoms with Crippen LogP contribution in [0.3, 0.4) is 0 Å². The predicted octanol–water partition coefficient (Wildman–Crippen LogP) is 0.890. The number of aryl methyl sites for hydroxylation is 1. The molecule has 2 heterocycles. The summed E-state index contributed by atoms with van der Waals surface area (Å²) in [7, 11) is 0. The van der Waals surface area contributed by atoms with Crippen LogP contribution in [0, 0.1) is 6.92 Å². The minimum absolute atomic E-state index is 0.0344. The molecule has 1 saturated heterocycles. The molecule has 0 bridgehead atoms. The summed E-state index contributed by atoms with van der Waals surface area (Å²) in [5, 5.41) is 2.97. The minimum Gasteiger partial charge on any atom is -0.353 e.